The summed E-state index contributed by atoms with van der Waals surface area (Å²) in [7, 11) is 0. The zero-order valence-corrected chi connectivity index (χ0v) is 19.7. The Morgan fingerprint density at radius 2 is 1.38 bits per heavy atom. The van der Waals surface area contributed by atoms with E-state index in [-0.39, 0.29) is 24.8 Å². The Morgan fingerprint density at radius 1 is 0.846 bits per heavy atom. The molecule has 26 heavy (non-hydrogen) atoms. The van der Waals surface area contributed by atoms with E-state index in [1.165, 1.54) is 21.5 Å². The monoisotopic (exact) mass is 474 g/mol. The van der Waals surface area contributed by atoms with Gasteiger partial charge in [0.25, 0.3) is 0 Å². The first-order valence-electron chi connectivity index (χ1n) is 8.66. The Hall–Kier alpha value is -0.530. The third-order valence-electron chi connectivity index (χ3n) is 4.32. The standard InChI is InChI=1S/C13H9.C5H5.C4H8Si.2ClH.Zr/c1-3-7-12-10(5-1)9-11-6-2-4-8-13(11)12;2*1-2-4-5-3-1;;;/h1-9H;1-3H,4H2;1-4H2;2*1H;/q2*-1;;;;+2/p-2. The van der Waals surface area contributed by atoms with Crippen LogP contribution in [0.2, 0.25) is 12.1 Å². The topological polar surface area (TPSA) is 0 Å². The van der Waals surface area contributed by atoms with Gasteiger partial charge in [-0.15, -0.1) is 46.2 Å². The summed E-state index contributed by atoms with van der Waals surface area (Å²) in [6, 6.07) is 22.5. The molecule has 0 atom stereocenters. The zero-order valence-electron chi connectivity index (χ0n) is 14.7. The van der Waals surface area contributed by atoms with Gasteiger partial charge in [0, 0.05) is 0 Å². The van der Waals surface area contributed by atoms with E-state index in [0.29, 0.717) is 5.43 Å². The second kappa shape index (κ2) is 12.8. The van der Waals surface area contributed by atoms with E-state index in [1.54, 1.807) is 24.9 Å². The number of benzene rings is 2. The van der Waals surface area contributed by atoms with Crippen molar-refractivity contribution in [1.82, 2.24) is 0 Å². The van der Waals surface area contributed by atoms with E-state index in [1.807, 2.05) is 35.5 Å². The average Bonchev–Trinajstić information content (AvgIpc) is 3.38. The van der Waals surface area contributed by atoms with Gasteiger partial charge in [-0.1, -0.05) is 36.4 Å². The molecule has 3 aromatic carbocycles. The van der Waals surface area contributed by atoms with Gasteiger partial charge in [-0.3, -0.25) is 6.08 Å². The number of hydrogen-bond acceptors (Lipinski definition) is 0. The van der Waals surface area contributed by atoms with Crippen LogP contribution < -0.4 is 24.8 Å². The fourth-order valence-corrected chi connectivity index (χ4v) is 7.26. The Balaban J connectivity index is 0.000000220. The fourth-order valence-electron chi connectivity index (χ4n) is 3.05. The molecule has 1 heterocycles. The van der Waals surface area contributed by atoms with Crippen LogP contribution in [0.3, 0.4) is 0 Å². The predicted molar refractivity (Wildman–Crippen MR) is 103 cm³/mol. The zero-order chi connectivity index (χ0) is 16.6. The van der Waals surface area contributed by atoms with Crippen molar-refractivity contribution in [2.75, 3.05) is 0 Å². The number of halogens is 2. The van der Waals surface area contributed by atoms with Gasteiger partial charge in [0.15, 0.2) is 0 Å². The Kier molecular flexibility index (Phi) is 11.6. The van der Waals surface area contributed by atoms with Crippen LogP contribution in [-0.4, -0.2) is 5.43 Å². The maximum Gasteiger partial charge on any atom is -0.0771 e. The minimum absolute atomic E-state index is 0. The molecule has 0 unspecified atom stereocenters. The van der Waals surface area contributed by atoms with Crippen LogP contribution in [0.1, 0.15) is 19.3 Å². The molecular weight excluding hydrogens is 454 g/mol. The largest absolute Gasteiger partial charge is 0.126 e. The molecule has 0 nitrogen and oxygen atoms in total. The molecule has 0 bridgehead atoms. The molecule has 1 fully saturated rings. The number of rotatable bonds is 0. The summed E-state index contributed by atoms with van der Waals surface area (Å²) in [6.45, 7) is 0. The van der Waals surface area contributed by atoms with E-state index < -0.39 is 0 Å². The van der Waals surface area contributed by atoms with Crippen LogP contribution in [0.15, 0.2) is 72.8 Å². The SMILES string of the molecule is [C-]1=CC=CC1.[Cl-].[Cl-].[Zr+2]=[Si]1CCCC1.c1ccc2c(c1)[cH-]c1ccccc12. The van der Waals surface area contributed by atoms with E-state index in [2.05, 4.69) is 66.7 Å². The van der Waals surface area contributed by atoms with Gasteiger partial charge in [0.1, 0.15) is 0 Å². The van der Waals surface area contributed by atoms with Gasteiger partial charge >= 0.3 is 53.7 Å². The summed E-state index contributed by atoms with van der Waals surface area (Å²) in [6.07, 6.45) is 13.1. The summed E-state index contributed by atoms with van der Waals surface area (Å²) in [4.78, 5) is 0. The van der Waals surface area contributed by atoms with Gasteiger partial charge in [-0.2, -0.15) is 6.08 Å². The van der Waals surface area contributed by atoms with Crippen molar-refractivity contribution < 1.29 is 48.1 Å². The van der Waals surface area contributed by atoms with Gasteiger partial charge in [-0.25, -0.2) is 12.2 Å². The number of allylic oxidation sites excluding steroid dienone is 4. The first kappa shape index (κ1) is 23.5. The normalized spacial score (nSPS) is 14.2. The van der Waals surface area contributed by atoms with Crippen molar-refractivity contribution in [3.05, 3.63) is 78.9 Å². The molecule has 4 heteroatoms. The molecule has 1 aliphatic heterocycles. The van der Waals surface area contributed by atoms with E-state index in [9.17, 15) is 0 Å². The summed E-state index contributed by atoms with van der Waals surface area (Å²) < 4.78 is 0. The van der Waals surface area contributed by atoms with Gasteiger partial charge < -0.3 is 24.8 Å². The maximum absolute atomic E-state index is 2.99. The van der Waals surface area contributed by atoms with Gasteiger partial charge in [0.05, 0.1) is 0 Å². The van der Waals surface area contributed by atoms with Crippen LogP contribution in [0.5, 0.6) is 0 Å². The molecule has 0 N–H and O–H groups in total. The van der Waals surface area contributed by atoms with Crippen molar-refractivity contribution >= 4 is 27.0 Å². The Bertz CT molecular complexity index is 812. The third kappa shape index (κ3) is 6.89. The molecule has 1 saturated heterocycles. The Labute approximate surface area is 184 Å². The Morgan fingerprint density at radius 3 is 1.73 bits per heavy atom. The molecule has 0 radical (unpaired) electrons. The second-order valence-electron chi connectivity index (χ2n) is 6.13. The first-order chi connectivity index (χ1) is 11.8. The van der Waals surface area contributed by atoms with Crippen LogP contribution in [-0.2, 0) is 23.3 Å². The second-order valence-corrected chi connectivity index (χ2v) is 13.6. The van der Waals surface area contributed by atoms with Crippen molar-refractivity contribution in [3.63, 3.8) is 0 Å². The molecule has 0 spiro atoms. The predicted octanol–water partition coefficient (Wildman–Crippen LogP) is 0.344. The quantitative estimate of drug-likeness (QED) is 0.325. The van der Waals surface area contributed by atoms with Gasteiger partial charge in [0.2, 0.25) is 0 Å². The van der Waals surface area contributed by atoms with Crippen molar-refractivity contribution in [1.29, 1.82) is 0 Å². The summed E-state index contributed by atoms with van der Waals surface area (Å²) in [5.74, 6) is 0. The van der Waals surface area contributed by atoms with E-state index in [0.717, 1.165) is 6.42 Å². The van der Waals surface area contributed by atoms with Crippen molar-refractivity contribution in [3.8, 4) is 0 Å². The molecular formula is C22H22Cl2SiZr-2. The molecule has 2 aliphatic rings. The summed E-state index contributed by atoms with van der Waals surface area (Å²) in [5, 5.41) is 5.39. The van der Waals surface area contributed by atoms with Crippen molar-refractivity contribution in [2.45, 2.75) is 31.4 Å². The first-order valence-corrected chi connectivity index (χ1v) is 14.3. The van der Waals surface area contributed by atoms with Crippen LogP contribution in [0.25, 0.3) is 21.5 Å². The molecule has 1 aliphatic carbocycles. The molecule has 0 aromatic heterocycles. The minimum Gasteiger partial charge on any atom is -0.126 e. The summed E-state index contributed by atoms with van der Waals surface area (Å²) in [5.41, 5.74) is 0.333. The minimum atomic E-state index is 0. The van der Waals surface area contributed by atoms with E-state index >= 15 is 0 Å². The fraction of sp³-hybridized carbons (Fsp3) is 0.227. The van der Waals surface area contributed by atoms with E-state index in [4.69, 9.17) is 0 Å². The van der Waals surface area contributed by atoms with Crippen LogP contribution in [0.4, 0.5) is 0 Å². The molecule has 0 amide bonds. The molecule has 134 valence electrons. The van der Waals surface area contributed by atoms with Crippen LogP contribution in [0, 0.1) is 6.08 Å². The number of fused-ring (bicyclic) bond motifs is 3. The molecule has 3 aromatic rings. The number of hydrogen-bond donors (Lipinski definition) is 0. The van der Waals surface area contributed by atoms with Gasteiger partial charge in [-0.05, 0) is 0 Å². The third-order valence-corrected chi connectivity index (χ3v) is 9.92. The van der Waals surface area contributed by atoms with Crippen LogP contribution >= 0.6 is 0 Å². The van der Waals surface area contributed by atoms with Crippen molar-refractivity contribution in [2.24, 2.45) is 0 Å². The maximum atomic E-state index is 2.99. The molecule has 5 rings (SSSR count). The summed E-state index contributed by atoms with van der Waals surface area (Å²) >= 11 is 1.87. The smallest absolute Gasteiger partial charge is 0.0771 e. The molecule has 0 saturated carbocycles. The average molecular weight is 477 g/mol.